The maximum absolute atomic E-state index is 12.7. The van der Waals surface area contributed by atoms with Crippen molar-refractivity contribution in [3.63, 3.8) is 0 Å². The Morgan fingerprint density at radius 2 is 1.71 bits per heavy atom. The molecular formula is C18H15N3O2Se. The van der Waals surface area contributed by atoms with Crippen LogP contribution in [-0.2, 0) is 4.79 Å². The molecule has 0 saturated carbocycles. The van der Waals surface area contributed by atoms with E-state index in [9.17, 15) is 9.59 Å². The summed E-state index contributed by atoms with van der Waals surface area (Å²) in [5, 5.41) is 4.44. The number of hydrogen-bond donors (Lipinski definition) is 0. The molecule has 3 aromatic rings. The van der Waals surface area contributed by atoms with Gasteiger partial charge >= 0.3 is 145 Å². The molecule has 2 aromatic carbocycles. The standard InChI is InChI=1S/C18H15N3O2Se/c1-12-8-10-14(11-9-12)16(23)17-20-21(15-6-4-3-5-7-15)18(24-17)19-13(2)22/h3-11H,1-2H3. The van der Waals surface area contributed by atoms with E-state index in [-0.39, 0.29) is 11.7 Å². The van der Waals surface area contributed by atoms with Gasteiger partial charge in [0.1, 0.15) is 0 Å². The number of nitrogens with zero attached hydrogens (tertiary/aromatic N) is 3. The number of aromatic nitrogens is 2. The van der Waals surface area contributed by atoms with E-state index in [0.717, 1.165) is 11.3 Å². The van der Waals surface area contributed by atoms with Crippen LogP contribution in [0.3, 0.4) is 0 Å². The summed E-state index contributed by atoms with van der Waals surface area (Å²) in [7, 11) is 0. The number of ketones is 1. The van der Waals surface area contributed by atoms with E-state index >= 15 is 0 Å². The summed E-state index contributed by atoms with van der Waals surface area (Å²) < 4.78 is 2.55. The number of aryl methyl sites for hydroxylation is 1. The molecule has 1 heterocycles. The average molecular weight is 384 g/mol. The number of amides is 1. The fraction of sp³-hybridized carbons (Fsp3) is 0.111. The SMILES string of the molecule is CC(=O)N=c1[se]c(C(=O)c2ccc(C)cc2)nn1-c1ccccc1. The minimum atomic E-state index is -0.413. The molecule has 0 N–H and O–H groups in total. The zero-order valence-electron chi connectivity index (χ0n) is 13.3. The van der Waals surface area contributed by atoms with Crippen molar-refractivity contribution in [1.29, 1.82) is 0 Å². The Labute approximate surface area is 145 Å². The first-order valence-electron chi connectivity index (χ1n) is 7.37. The Morgan fingerprint density at radius 3 is 2.33 bits per heavy atom. The molecule has 1 aromatic heterocycles. The first kappa shape index (κ1) is 16.3. The molecule has 3 rings (SSSR count). The van der Waals surface area contributed by atoms with Crippen molar-refractivity contribution in [1.82, 2.24) is 9.78 Å². The van der Waals surface area contributed by atoms with Crippen molar-refractivity contribution in [3.8, 4) is 5.69 Å². The van der Waals surface area contributed by atoms with Crippen LogP contribution >= 0.6 is 0 Å². The van der Waals surface area contributed by atoms with Crippen molar-refractivity contribution in [2.75, 3.05) is 0 Å². The third kappa shape index (κ3) is 3.50. The second kappa shape index (κ2) is 6.91. The molecule has 0 spiro atoms. The van der Waals surface area contributed by atoms with Crippen LogP contribution in [0, 0.1) is 6.92 Å². The summed E-state index contributed by atoms with van der Waals surface area (Å²) in [6, 6.07) is 16.8. The van der Waals surface area contributed by atoms with Gasteiger partial charge in [0, 0.05) is 0 Å². The molecule has 24 heavy (non-hydrogen) atoms. The summed E-state index contributed by atoms with van der Waals surface area (Å²) in [4.78, 5) is 28.1. The van der Waals surface area contributed by atoms with Gasteiger partial charge in [-0.15, -0.1) is 0 Å². The number of rotatable bonds is 3. The van der Waals surface area contributed by atoms with Crippen LogP contribution in [0.1, 0.15) is 27.4 Å². The van der Waals surface area contributed by atoms with Gasteiger partial charge in [0.25, 0.3) is 0 Å². The molecule has 0 atom stereocenters. The zero-order chi connectivity index (χ0) is 17.1. The van der Waals surface area contributed by atoms with Gasteiger partial charge in [0.05, 0.1) is 0 Å². The van der Waals surface area contributed by atoms with E-state index in [1.165, 1.54) is 6.92 Å². The predicted molar refractivity (Wildman–Crippen MR) is 91.4 cm³/mol. The summed E-state index contributed by atoms with van der Waals surface area (Å²) >= 11 is -0.413. The van der Waals surface area contributed by atoms with Crippen molar-refractivity contribution in [3.05, 3.63) is 74.7 Å². The van der Waals surface area contributed by atoms with Crippen LogP contribution in [0.2, 0.25) is 0 Å². The molecule has 0 saturated heterocycles. The van der Waals surface area contributed by atoms with Crippen LogP contribution in [0.15, 0.2) is 59.6 Å². The molecule has 6 heteroatoms. The first-order valence-corrected chi connectivity index (χ1v) is 9.08. The number of hydrogen-bond acceptors (Lipinski definition) is 3. The fourth-order valence-corrected chi connectivity index (χ4v) is 4.06. The topological polar surface area (TPSA) is 64.3 Å². The van der Waals surface area contributed by atoms with Crippen LogP contribution in [0.4, 0.5) is 0 Å². The van der Waals surface area contributed by atoms with Crippen molar-refractivity contribution in [2.45, 2.75) is 13.8 Å². The van der Waals surface area contributed by atoms with E-state index in [4.69, 9.17) is 0 Å². The Bertz CT molecular complexity index is 954. The second-order valence-electron chi connectivity index (χ2n) is 5.26. The van der Waals surface area contributed by atoms with Gasteiger partial charge in [0.15, 0.2) is 0 Å². The molecule has 0 bridgehead atoms. The Morgan fingerprint density at radius 1 is 1.04 bits per heavy atom. The minimum absolute atomic E-state index is 0.121. The van der Waals surface area contributed by atoms with Gasteiger partial charge in [-0.3, -0.25) is 0 Å². The summed E-state index contributed by atoms with van der Waals surface area (Å²) in [6.45, 7) is 3.37. The van der Waals surface area contributed by atoms with Gasteiger partial charge in [-0.1, -0.05) is 0 Å². The molecular weight excluding hydrogens is 369 g/mol. The first-order chi connectivity index (χ1) is 11.5. The van der Waals surface area contributed by atoms with Crippen LogP contribution in [-0.4, -0.2) is 36.0 Å². The van der Waals surface area contributed by atoms with Gasteiger partial charge < -0.3 is 0 Å². The van der Waals surface area contributed by atoms with E-state index in [1.807, 2.05) is 49.4 Å². The van der Waals surface area contributed by atoms with E-state index in [1.54, 1.807) is 16.8 Å². The van der Waals surface area contributed by atoms with Gasteiger partial charge in [-0.25, -0.2) is 0 Å². The molecule has 120 valence electrons. The summed E-state index contributed by atoms with van der Waals surface area (Å²) in [6.07, 6.45) is 0. The quantitative estimate of drug-likeness (QED) is 0.512. The molecule has 0 aliphatic heterocycles. The Hall–Kier alpha value is -2.56. The van der Waals surface area contributed by atoms with Crippen molar-refractivity contribution in [2.24, 2.45) is 4.99 Å². The fourth-order valence-electron chi connectivity index (χ4n) is 2.15. The van der Waals surface area contributed by atoms with Crippen molar-refractivity contribution >= 4 is 26.2 Å². The molecule has 5 nitrogen and oxygen atoms in total. The van der Waals surface area contributed by atoms with Gasteiger partial charge in [-0.05, 0) is 0 Å². The molecule has 0 aliphatic carbocycles. The normalized spacial score (nSPS) is 11.5. The number of carbonyl (C=O) groups is 2. The van der Waals surface area contributed by atoms with Crippen LogP contribution < -0.4 is 4.36 Å². The van der Waals surface area contributed by atoms with E-state index in [2.05, 4.69) is 10.1 Å². The maximum atomic E-state index is 12.7. The average Bonchev–Trinajstić information content (AvgIpc) is 2.99. The number of para-hydroxylation sites is 1. The van der Waals surface area contributed by atoms with E-state index < -0.39 is 14.5 Å². The zero-order valence-corrected chi connectivity index (χ0v) is 15.0. The molecule has 0 radical (unpaired) electrons. The molecule has 0 fully saturated rings. The predicted octanol–water partition coefficient (Wildman–Crippen LogP) is 1.92. The molecule has 0 unspecified atom stereocenters. The molecule has 1 amide bonds. The van der Waals surface area contributed by atoms with Crippen LogP contribution in [0.5, 0.6) is 0 Å². The summed E-state index contributed by atoms with van der Waals surface area (Å²) in [5.41, 5.74) is 2.47. The summed E-state index contributed by atoms with van der Waals surface area (Å²) in [5.74, 6) is -0.420. The number of benzene rings is 2. The second-order valence-corrected chi connectivity index (χ2v) is 7.27. The Balaban J connectivity index is 2.10. The Kier molecular flexibility index (Phi) is 4.69. The monoisotopic (exact) mass is 385 g/mol. The number of carbonyl (C=O) groups excluding carboxylic acids is 2. The van der Waals surface area contributed by atoms with Crippen molar-refractivity contribution < 1.29 is 9.59 Å². The third-order valence-electron chi connectivity index (χ3n) is 3.32. The van der Waals surface area contributed by atoms with Gasteiger partial charge in [-0.2, -0.15) is 0 Å². The van der Waals surface area contributed by atoms with Crippen LogP contribution in [0.25, 0.3) is 5.69 Å². The van der Waals surface area contributed by atoms with E-state index in [0.29, 0.717) is 14.5 Å². The van der Waals surface area contributed by atoms with Gasteiger partial charge in [0.2, 0.25) is 0 Å². The third-order valence-corrected chi connectivity index (χ3v) is 5.23. The molecule has 0 aliphatic rings.